The first-order valence-electron chi connectivity index (χ1n) is 6.79. The average Bonchev–Trinajstić information content (AvgIpc) is 2.46. The summed E-state index contributed by atoms with van der Waals surface area (Å²) in [6.45, 7) is 2.44. The first-order chi connectivity index (χ1) is 10.4. The fourth-order valence-electron chi connectivity index (χ4n) is 1.85. The molecule has 1 amide bonds. The molecule has 0 spiro atoms. The van der Waals surface area contributed by atoms with Crippen molar-refractivity contribution >= 4 is 28.9 Å². The molecule has 1 N–H and O–H groups in total. The van der Waals surface area contributed by atoms with E-state index in [2.05, 4.69) is 12.2 Å². The molecule has 1 aromatic carbocycles. The number of non-ortho nitro benzene ring substituents is 1. The van der Waals surface area contributed by atoms with Crippen LogP contribution in [0.4, 0.5) is 11.4 Å². The van der Waals surface area contributed by atoms with Crippen LogP contribution >= 0.6 is 11.6 Å². The number of unbranched alkanes of at least 4 members (excludes halogenated alkanes) is 3. The lowest BCUT2D eigenvalue weighted by molar-refractivity contribution is -0.394. The van der Waals surface area contributed by atoms with Gasteiger partial charge in [-0.05, 0) is 6.42 Å². The highest BCUT2D eigenvalue weighted by Crippen LogP contribution is 2.32. The third kappa shape index (κ3) is 4.66. The Morgan fingerprint density at radius 1 is 1.18 bits per heavy atom. The number of nitrogens with one attached hydrogen (secondary N) is 1. The van der Waals surface area contributed by atoms with E-state index in [1.54, 1.807) is 0 Å². The third-order valence-corrected chi connectivity index (χ3v) is 3.40. The molecular weight excluding hydrogens is 314 g/mol. The van der Waals surface area contributed by atoms with Gasteiger partial charge in [-0.25, -0.2) is 0 Å². The molecule has 0 aliphatic heterocycles. The van der Waals surface area contributed by atoms with E-state index in [1.165, 1.54) is 0 Å². The molecule has 0 unspecified atom stereocenters. The Morgan fingerprint density at radius 3 is 2.41 bits per heavy atom. The molecule has 0 saturated carbocycles. The molecule has 9 heteroatoms. The van der Waals surface area contributed by atoms with E-state index in [1.807, 2.05) is 0 Å². The fraction of sp³-hybridized carbons (Fsp3) is 0.462. The topological polar surface area (TPSA) is 115 Å². The summed E-state index contributed by atoms with van der Waals surface area (Å²) < 4.78 is 0. The highest BCUT2D eigenvalue weighted by atomic mass is 35.5. The van der Waals surface area contributed by atoms with Crippen LogP contribution < -0.4 is 5.32 Å². The molecule has 120 valence electrons. The Labute approximate surface area is 131 Å². The van der Waals surface area contributed by atoms with Crippen molar-refractivity contribution in [2.75, 3.05) is 6.54 Å². The highest BCUT2D eigenvalue weighted by Gasteiger charge is 2.26. The maximum Gasteiger partial charge on any atom is 0.295 e. The van der Waals surface area contributed by atoms with Crippen LogP contribution in [-0.2, 0) is 0 Å². The van der Waals surface area contributed by atoms with Crippen molar-refractivity contribution in [1.82, 2.24) is 5.32 Å². The van der Waals surface area contributed by atoms with Gasteiger partial charge < -0.3 is 5.32 Å². The van der Waals surface area contributed by atoms with Crippen LogP contribution in [0.3, 0.4) is 0 Å². The second-order valence-electron chi connectivity index (χ2n) is 4.66. The van der Waals surface area contributed by atoms with Gasteiger partial charge >= 0.3 is 0 Å². The summed E-state index contributed by atoms with van der Waals surface area (Å²) in [5, 5.41) is 23.8. The fourth-order valence-corrected chi connectivity index (χ4v) is 2.11. The molecule has 8 nitrogen and oxygen atoms in total. The summed E-state index contributed by atoms with van der Waals surface area (Å²) in [7, 11) is 0. The summed E-state index contributed by atoms with van der Waals surface area (Å²) in [5.74, 6) is -0.659. The van der Waals surface area contributed by atoms with Gasteiger partial charge in [0.1, 0.15) is 5.02 Å². The average molecular weight is 330 g/mol. The van der Waals surface area contributed by atoms with Crippen LogP contribution in [0.25, 0.3) is 0 Å². The Kier molecular flexibility index (Phi) is 6.71. The molecule has 0 heterocycles. The summed E-state index contributed by atoms with van der Waals surface area (Å²) in [6.07, 6.45) is 3.80. The molecule has 22 heavy (non-hydrogen) atoms. The predicted molar refractivity (Wildman–Crippen MR) is 81.2 cm³/mol. The molecule has 0 aromatic heterocycles. The minimum Gasteiger partial charge on any atom is -0.352 e. The number of carbonyl (C=O) groups is 1. The second kappa shape index (κ2) is 8.28. The normalized spacial score (nSPS) is 10.3. The maximum atomic E-state index is 12.0. The predicted octanol–water partition coefficient (Wildman–Crippen LogP) is 3.47. The van der Waals surface area contributed by atoms with Crippen LogP contribution in [0.1, 0.15) is 43.0 Å². The van der Waals surface area contributed by atoms with Gasteiger partial charge in [0.25, 0.3) is 17.3 Å². The molecule has 0 aliphatic carbocycles. The van der Waals surface area contributed by atoms with Gasteiger partial charge in [0, 0.05) is 12.6 Å². The number of hydrogen-bond donors (Lipinski definition) is 1. The third-order valence-electron chi connectivity index (χ3n) is 3.01. The summed E-state index contributed by atoms with van der Waals surface area (Å²) in [5.41, 5.74) is -1.47. The number of nitro groups is 2. The minimum absolute atomic E-state index is 0.266. The monoisotopic (exact) mass is 329 g/mol. The number of benzene rings is 1. The van der Waals surface area contributed by atoms with Gasteiger partial charge in [-0.1, -0.05) is 37.8 Å². The van der Waals surface area contributed by atoms with Gasteiger partial charge in [-0.2, -0.15) is 0 Å². The zero-order valence-electron chi connectivity index (χ0n) is 12.0. The van der Waals surface area contributed by atoms with Crippen LogP contribution in [0.15, 0.2) is 12.1 Å². The smallest absolute Gasteiger partial charge is 0.295 e. The van der Waals surface area contributed by atoms with E-state index in [0.29, 0.717) is 6.54 Å². The Hall–Kier alpha value is -2.22. The van der Waals surface area contributed by atoms with E-state index in [9.17, 15) is 25.0 Å². The first-order valence-corrected chi connectivity index (χ1v) is 7.16. The number of halogens is 1. The zero-order valence-corrected chi connectivity index (χ0v) is 12.8. The van der Waals surface area contributed by atoms with Crippen molar-refractivity contribution in [3.63, 3.8) is 0 Å². The molecule has 0 aliphatic rings. The van der Waals surface area contributed by atoms with Crippen molar-refractivity contribution < 1.29 is 14.6 Å². The molecule has 0 bridgehead atoms. The van der Waals surface area contributed by atoms with E-state index in [-0.39, 0.29) is 5.56 Å². The molecule has 0 radical (unpaired) electrons. The van der Waals surface area contributed by atoms with Crippen molar-refractivity contribution in [2.24, 2.45) is 0 Å². The quantitative estimate of drug-likeness (QED) is 0.445. The van der Waals surface area contributed by atoms with Crippen molar-refractivity contribution in [2.45, 2.75) is 32.6 Å². The van der Waals surface area contributed by atoms with Crippen LogP contribution in [0, 0.1) is 20.2 Å². The Bertz CT molecular complexity index is 591. The van der Waals surface area contributed by atoms with E-state index < -0.39 is 32.2 Å². The minimum atomic E-state index is -0.854. The van der Waals surface area contributed by atoms with E-state index >= 15 is 0 Å². The number of amides is 1. The molecule has 1 rings (SSSR count). The standard InChI is InChI=1S/C13H16ClN3O5/c1-2-3-4-5-6-15-13(18)10-7-9(16(19)20)8-11(12(10)14)17(21)22/h7-8H,2-6H2,1H3,(H,15,18). The SMILES string of the molecule is CCCCCCNC(=O)c1cc([N+](=O)[O-])cc([N+](=O)[O-])c1Cl. The number of nitrogens with zero attached hydrogens (tertiary/aromatic N) is 2. The van der Waals surface area contributed by atoms with Gasteiger partial charge in [-0.15, -0.1) is 0 Å². The zero-order chi connectivity index (χ0) is 16.7. The maximum absolute atomic E-state index is 12.0. The Balaban J connectivity index is 2.94. The summed E-state index contributed by atoms with van der Waals surface area (Å²) in [6, 6.07) is 1.68. The lowest BCUT2D eigenvalue weighted by Crippen LogP contribution is -2.25. The summed E-state index contributed by atoms with van der Waals surface area (Å²) in [4.78, 5) is 32.0. The van der Waals surface area contributed by atoms with Crippen LogP contribution in [-0.4, -0.2) is 22.3 Å². The highest BCUT2D eigenvalue weighted by molar-refractivity contribution is 6.36. The van der Waals surface area contributed by atoms with Gasteiger partial charge in [-0.3, -0.25) is 25.0 Å². The van der Waals surface area contributed by atoms with Crippen LogP contribution in [0.5, 0.6) is 0 Å². The molecule has 0 atom stereocenters. The van der Waals surface area contributed by atoms with Crippen molar-refractivity contribution in [3.05, 3.63) is 42.9 Å². The second-order valence-corrected chi connectivity index (χ2v) is 5.04. The van der Waals surface area contributed by atoms with E-state index in [0.717, 1.165) is 37.8 Å². The number of hydrogen-bond acceptors (Lipinski definition) is 5. The first kappa shape index (κ1) is 17.8. The van der Waals surface area contributed by atoms with E-state index in [4.69, 9.17) is 11.6 Å². The van der Waals surface area contributed by atoms with Gasteiger partial charge in [0.15, 0.2) is 0 Å². The molecule has 0 fully saturated rings. The van der Waals surface area contributed by atoms with Gasteiger partial charge in [0.05, 0.1) is 21.5 Å². The number of carbonyl (C=O) groups excluding carboxylic acids is 1. The Morgan fingerprint density at radius 2 is 1.86 bits per heavy atom. The largest absolute Gasteiger partial charge is 0.352 e. The molecule has 0 saturated heterocycles. The number of rotatable bonds is 8. The van der Waals surface area contributed by atoms with Gasteiger partial charge in [0.2, 0.25) is 0 Å². The molecular formula is C13H16ClN3O5. The lowest BCUT2D eigenvalue weighted by atomic mass is 10.1. The van der Waals surface area contributed by atoms with Crippen molar-refractivity contribution in [3.8, 4) is 0 Å². The lowest BCUT2D eigenvalue weighted by Gasteiger charge is -2.07. The van der Waals surface area contributed by atoms with Crippen molar-refractivity contribution in [1.29, 1.82) is 0 Å². The number of nitro benzene ring substituents is 2. The van der Waals surface area contributed by atoms with Crippen LogP contribution in [0.2, 0.25) is 5.02 Å². The molecule has 1 aromatic rings. The summed E-state index contributed by atoms with van der Waals surface area (Å²) >= 11 is 5.81.